The second-order valence-electron chi connectivity index (χ2n) is 4.10. The number of aliphatic hydroxyl groups is 1. The molecule has 0 spiro atoms. The molecule has 8 heteroatoms. The minimum Gasteiger partial charge on any atom is -0.392 e. The van der Waals surface area contributed by atoms with Crippen molar-refractivity contribution in [3.05, 3.63) is 50.6 Å². The number of pyridine rings is 1. The topological polar surface area (TPSA) is 33.1 Å². The molecule has 1 aromatic carbocycles. The monoisotopic (exact) mass is 355 g/mol. The number of hydrogen-bond acceptors (Lipinski definition) is 2. The van der Waals surface area contributed by atoms with E-state index in [0.29, 0.717) is 0 Å². The molecule has 0 bridgehead atoms. The van der Waals surface area contributed by atoms with Crippen LogP contribution in [0.1, 0.15) is 11.3 Å². The number of aliphatic hydroxyl groups excluding tert-OH is 1. The van der Waals surface area contributed by atoms with E-state index in [4.69, 9.17) is 34.8 Å². The van der Waals surface area contributed by atoms with Crippen molar-refractivity contribution in [1.29, 1.82) is 0 Å². The Labute approximate surface area is 133 Å². The zero-order valence-electron chi connectivity index (χ0n) is 10.2. The number of aromatic nitrogens is 1. The molecule has 112 valence electrons. The van der Waals surface area contributed by atoms with Crippen molar-refractivity contribution in [1.82, 2.24) is 4.98 Å². The van der Waals surface area contributed by atoms with Crippen LogP contribution in [0.15, 0.2) is 24.3 Å². The number of alkyl halides is 3. The third-order valence-corrected chi connectivity index (χ3v) is 3.50. The van der Waals surface area contributed by atoms with Crippen LogP contribution in [0.3, 0.4) is 0 Å². The summed E-state index contributed by atoms with van der Waals surface area (Å²) in [7, 11) is 0. The average molecular weight is 357 g/mol. The predicted octanol–water partition coefficient (Wildman–Crippen LogP) is 5.22. The standard InChI is InChI=1S/C13H7Cl3F3NO/c14-7-3-8(15)11(9(16)4-7)12-6(5-21)1-2-10(20-12)13(17,18)19/h1-4,21H,5H2. The summed E-state index contributed by atoms with van der Waals surface area (Å²) in [5.41, 5.74) is -0.956. The second kappa shape index (κ2) is 6.01. The van der Waals surface area contributed by atoms with Crippen LogP contribution >= 0.6 is 34.8 Å². The Bertz CT molecular complexity index is 666. The minimum absolute atomic E-state index is 0.0500. The first-order valence-electron chi connectivity index (χ1n) is 5.57. The average Bonchev–Trinajstić information content (AvgIpc) is 2.36. The van der Waals surface area contributed by atoms with Gasteiger partial charge in [0.15, 0.2) is 0 Å². The highest BCUT2D eigenvalue weighted by molar-refractivity contribution is 6.41. The van der Waals surface area contributed by atoms with Gasteiger partial charge in [-0.3, -0.25) is 0 Å². The maximum atomic E-state index is 12.8. The van der Waals surface area contributed by atoms with E-state index in [1.54, 1.807) is 0 Å². The molecule has 0 saturated heterocycles. The lowest BCUT2D eigenvalue weighted by Crippen LogP contribution is -2.10. The Morgan fingerprint density at radius 2 is 1.62 bits per heavy atom. The fourth-order valence-electron chi connectivity index (χ4n) is 1.76. The van der Waals surface area contributed by atoms with Crippen molar-refractivity contribution >= 4 is 34.8 Å². The minimum atomic E-state index is -4.62. The predicted molar refractivity (Wildman–Crippen MR) is 75.6 cm³/mol. The molecule has 0 fully saturated rings. The van der Waals surface area contributed by atoms with Crippen molar-refractivity contribution in [3.8, 4) is 11.3 Å². The highest BCUT2D eigenvalue weighted by atomic mass is 35.5. The van der Waals surface area contributed by atoms with Gasteiger partial charge in [-0.15, -0.1) is 0 Å². The molecule has 0 saturated carbocycles. The third-order valence-electron chi connectivity index (χ3n) is 2.68. The van der Waals surface area contributed by atoms with E-state index < -0.39 is 18.5 Å². The summed E-state index contributed by atoms with van der Waals surface area (Å²) in [6.07, 6.45) is -4.62. The second-order valence-corrected chi connectivity index (χ2v) is 5.36. The molecule has 0 radical (unpaired) electrons. The quantitative estimate of drug-likeness (QED) is 0.800. The van der Waals surface area contributed by atoms with Crippen molar-refractivity contribution in [2.45, 2.75) is 12.8 Å². The fourth-order valence-corrected chi connectivity index (χ4v) is 2.75. The summed E-state index contributed by atoms with van der Waals surface area (Å²) in [5.74, 6) is 0. The number of benzene rings is 1. The SMILES string of the molecule is OCc1ccc(C(F)(F)F)nc1-c1c(Cl)cc(Cl)cc1Cl. The van der Waals surface area contributed by atoms with E-state index in [0.717, 1.165) is 12.1 Å². The highest BCUT2D eigenvalue weighted by Gasteiger charge is 2.33. The van der Waals surface area contributed by atoms with Gasteiger partial charge in [0, 0.05) is 16.1 Å². The number of rotatable bonds is 2. The first-order valence-corrected chi connectivity index (χ1v) is 6.70. The highest BCUT2D eigenvalue weighted by Crippen LogP contribution is 2.39. The smallest absolute Gasteiger partial charge is 0.392 e. The van der Waals surface area contributed by atoms with Crippen molar-refractivity contribution in [2.75, 3.05) is 0 Å². The van der Waals surface area contributed by atoms with Crippen LogP contribution in [0.4, 0.5) is 13.2 Å². The van der Waals surface area contributed by atoms with Crippen LogP contribution in [0.5, 0.6) is 0 Å². The Morgan fingerprint density at radius 3 is 2.10 bits per heavy atom. The van der Waals surface area contributed by atoms with Crippen molar-refractivity contribution in [2.24, 2.45) is 0 Å². The molecule has 0 aliphatic rings. The normalized spacial score (nSPS) is 11.8. The van der Waals surface area contributed by atoms with Gasteiger partial charge in [0.25, 0.3) is 0 Å². The molecule has 0 aliphatic heterocycles. The van der Waals surface area contributed by atoms with Gasteiger partial charge in [-0.1, -0.05) is 40.9 Å². The van der Waals surface area contributed by atoms with Crippen LogP contribution in [-0.2, 0) is 12.8 Å². The molecule has 2 aromatic rings. The summed E-state index contributed by atoms with van der Waals surface area (Å²) >= 11 is 17.8. The lowest BCUT2D eigenvalue weighted by atomic mass is 10.1. The molecule has 0 atom stereocenters. The van der Waals surface area contributed by atoms with Gasteiger partial charge < -0.3 is 5.11 Å². The van der Waals surface area contributed by atoms with Crippen LogP contribution in [0, 0.1) is 0 Å². The van der Waals surface area contributed by atoms with Gasteiger partial charge in [0.2, 0.25) is 0 Å². The molecule has 1 N–H and O–H groups in total. The lowest BCUT2D eigenvalue weighted by Gasteiger charge is -2.14. The molecule has 2 nitrogen and oxygen atoms in total. The molecule has 21 heavy (non-hydrogen) atoms. The van der Waals surface area contributed by atoms with Crippen LogP contribution < -0.4 is 0 Å². The molecule has 0 amide bonds. The summed E-state index contributed by atoms with van der Waals surface area (Å²) in [6, 6.07) is 4.60. The zero-order chi connectivity index (χ0) is 15.8. The Balaban J connectivity index is 2.73. The van der Waals surface area contributed by atoms with Gasteiger partial charge in [0.1, 0.15) is 5.69 Å². The zero-order valence-corrected chi connectivity index (χ0v) is 12.4. The summed E-state index contributed by atoms with van der Waals surface area (Å²) in [6.45, 7) is -0.504. The van der Waals surface area contributed by atoms with E-state index in [-0.39, 0.29) is 31.9 Å². The fraction of sp³-hybridized carbons (Fsp3) is 0.154. The Morgan fingerprint density at radius 1 is 1.05 bits per heavy atom. The van der Waals surface area contributed by atoms with Gasteiger partial charge in [0.05, 0.1) is 22.3 Å². The first kappa shape index (κ1) is 16.4. The van der Waals surface area contributed by atoms with Crippen LogP contribution in [0.25, 0.3) is 11.3 Å². The third kappa shape index (κ3) is 3.43. The molecule has 0 unspecified atom stereocenters. The van der Waals surface area contributed by atoms with Gasteiger partial charge in [-0.25, -0.2) is 4.98 Å². The number of nitrogens with zero attached hydrogens (tertiary/aromatic N) is 1. The van der Waals surface area contributed by atoms with Gasteiger partial charge in [-0.2, -0.15) is 13.2 Å². The van der Waals surface area contributed by atoms with Crippen molar-refractivity contribution < 1.29 is 18.3 Å². The number of hydrogen-bond donors (Lipinski definition) is 1. The van der Waals surface area contributed by atoms with Gasteiger partial charge in [-0.05, 0) is 18.2 Å². The maximum Gasteiger partial charge on any atom is 0.433 e. The molecule has 0 aliphatic carbocycles. The molecule has 1 aromatic heterocycles. The van der Waals surface area contributed by atoms with Crippen LogP contribution in [0.2, 0.25) is 15.1 Å². The molecule has 1 heterocycles. The molecule has 2 rings (SSSR count). The van der Waals surface area contributed by atoms with E-state index >= 15 is 0 Å². The van der Waals surface area contributed by atoms with Crippen LogP contribution in [-0.4, -0.2) is 10.1 Å². The van der Waals surface area contributed by atoms with E-state index in [9.17, 15) is 18.3 Å². The van der Waals surface area contributed by atoms with E-state index in [1.165, 1.54) is 12.1 Å². The summed E-state index contributed by atoms with van der Waals surface area (Å²) in [4.78, 5) is 3.54. The number of halogens is 6. The first-order chi connectivity index (χ1) is 9.74. The van der Waals surface area contributed by atoms with E-state index in [2.05, 4.69) is 4.98 Å². The molecular formula is C13H7Cl3F3NO. The summed E-state index contributed by atoms with van der Waals surface area (Å²) in [5, 5.41) is 9.62. The van der Waals surface area contributed by atoms with E-state index in [1.807, 2.05) is 0 Å². The Hall–Kier alpha value is -1.01. The Kier molecular flexibility index (Phi) is 4.68. The maximum absolute atomic E-state index is 12.8. The largest absolute Gasteiger partial charge is 0.433 e. The molecular weight excluding hydrogens is 350 g/mol. The van der Waals surface area contributed by atoms with Gasteiger partial charge >= 0.3 is 6.18 Å². The summed E-state index contributed by atoms with van der Waals surface area (Å²) < 4.78 is 38.3. The lowest BCUT2D eigenvalue weighted by molar-refractivity contribution is -0.141. The van der Waals surface area contributed by atoms with Crippen molar-refractivity contribution in [3.63, 3.8) is 0 Å².